The minimum absolute atomic E-state index is 0.0131. The predicted octanol–water partition coefficient (Wildman–Crippen LogP) is 2.61. The molecule has 0 aliphatic carbocycles. The lowest BCUT2D eigenvalue weighted by atomic mass is 9.90. The molecular weight excluding hydrogens is 282 g/mol. The van der Waals surface area contributed by atoms with Crippen LogP contribution in [0.15, 0.2) is 48.8 Å². The summed E-state index contributed by atoms with van der Waals surface area (Å²) in [5.74, 6) is 0.329. The van der Waals surface area contributed by atoms with Crippen LogP contribution < -0.4 is 9.63 Å². The number of hydrogen-bond donors (Lipinski definition) is 0. The van der Waals surface area contributed by atoms with E-state index in [0.29, 0.717) is 22.9 Å². The van der Waals surface area contributed by atoms with Crippen molar-refractivity contribution in [2.45, 2.75) is 18.8 Å². The molecule has 2 aromatic rings. The number of piperidine rings is 1. The van der Waals surface area contributed by atoms with Crippen LogP contribution in [0.3, 0.4) is 0 Å². The van der Waals surface area contributed by atoms with E-state index in [4.69, 9.17) is 0 Å². The number of rotatable bonds is 3. The smallest absolute Gasteiger partial charge is 0.304 e. The van der Waals surface area contributed by atoms with Gasteiger partial charge in [0.25, 0.3) is 0 Å². The van der Waals surface area contributed by atoms with Crippen molar-refractivity contribution in [3.05, 3.63) is 69.7 Å². The van der Waals surface area contributed by atoms with Crippen molar-refractivity contribution >= 4 is 11.4 Å². The summed E-state index contributed by atoms with van der Waals surface area (Å²) in [6, 6.07) is 11.4. The molecule has 6 nitrogen and oxygen atoms in total. The Labute approximate surface area is 128 Å². The Morgan fingerprint density at radius 2 is 2.00 bits per heavy atom. The van der Waals surface area contributed by atoms with Gasteiger partial charge >= 0.3 is 5.69 Å². The molecule has 1 aliphatic heterocycles. The molecule has 1 aliphatic rings. The quantitative estimate of drug-likeness (QED) is 0.378. The highest BCUT2D eigenvalue weighted by Gasteiger charge is 2.28. The maximum atomic E-state index is 11.5. The highest BCUT2D eigenvalue weighted by molar-refractivity contribution is 5.61. The number of nitro groups is 1. The first-order valence-corrected chi connectivity index (χ1v) is 7.32. The third-order valence-electron chi connectivity index (χ3n) is 4.12. The lowest BCUT2D eigenvalue weighted by Gasteiger charge is -2.33. The Morgan fingerprint density at radius 3 is 2.73 bits per heavy atom. The van der Waals surface area contributed by atoms with E-state index in [0.717, 1.165) is 19.4 Å². The Bertz CT molecular complexity index is 676. The monoisotopic (exact) mass is 299 g/mol. The Hall–Kier alpha value is -2.63. The van der Waals surface area contributed by atoms with E-state index in [2.05, 4.69) is 12.1 Å². The molecule has 1 fully saturated rings. The summed E-state index contributed by atoms with van der Waals surface area (Å²) in [7, 11) is 0. The van der Waals surface area contributed by atoms with Crippen molar-refractivity contribution in [3.8, 4) is 0 Å². The number of nitrogens with zero attached hydrogens (tertiary/aromatic N) is 3. The van der Waals surface area contributed by atoms with Crippen LogP contribution in [0.1, 0.15) is 24.3 Å². The minimum Gasteiger partial charge on any atom is -0.619 e. The van der Waals surface area contributed by atoms with Crippen LogP contribution in [0.4, 0.5) is 11.4 Å². The lowest BCUT2D eigenvalue weighted by molar-refractivity contribution is -0.605. The van der Waals surface area contributed by atoms with Crippen LogP contribution in [0.5, 0.6) is 0 Å². The van der Waals surface area contributed by atoms with Crippen LogP contribution in [0.2, 0.25) is 0 Å². The fraction of sp³-hybridized carbons (Fsp3) is 0.312. The van der Waals surface area contributed by atoms with Gasteiger partial charge < -0.3 is 10.1 Å². The summed E-state index contributed by atoms with van der Waals surface area (Å²) < 4.78 is 0.620. The highest BCUT2D eigenvalue weighted by Crippen LogP contribution is 2.33. The largest absolute Gasteiger partial charge is 0.619 e. The molecule has 0 bridgehead atoms. The summed E-state index contributed by atoms with van der Waals surface area (Å²) in [4.78, 5) is 12.7. The van der Waals surface area contributed by atoms with E-state index < -0.39 is 4.92 Å². The van der Waals surface area contributed by atoms with Gasteiger partial charge in [-0.1, -0.05) is 30.3 Å². The van der Waals surface area contributed by atoms with E-state index in [9.17, 15) is 15.3 Å². The number of pyridine rings is 1. The molecule has 1 atom stereocenters. The SMILES string of the molecule is O=[N+]([O-])c1cc[n+]([O-])cc1N1CCCC(c2ccccc2)C1. The van der Waals surface area contributed by atoms with Gasteiger partial charge in [-0.05, 0) is 18.4 Å². The first-order valence-electron chi connectivity index (χ1n) is 7.32. The highest BCUT2D eigenvalue weighted by atomic mass is 16.6. The van der Waals surface area contributed by atoms with Crippen molar-refractivity contribution in [2.75, 3.05) is 18.0 Å². The molecular formula is C16H17N3O3. The van der Waals surface area contributed by atoms with Gasteiger partial charge in [0.05, 0.1) is 11.0 Å². The van der Waals surface area contributed by atoms with E-state index in [-0.39, 0.29) is 5.69 Å². The first-order chi connectivity index (χ1) is 10.6. The first kappa shape index (κ1) is 14.3. The van der Waals surface area contributed by atoms with Gasteiger partial charge in [-0.15, -0.1) is 0 Å². The average molecular weight is 299 g/mol. The molecule has 2 heterocycles. The van der Waals surface area contributed by atoms with Gasteiger partial charge in [0.1, 0.15) is 0 Å². The second-order valence-electron chi connectivity index (χ2n) is 5.53. The third kappa shape index (κ3) is 2.86. The van der Waals surface area contributed by atoms with Crippen molar-refractivity contribution in [2.24, 2.45) is 0 Å². The third-order valence-corrected chi connectivity index (χ3v) is 4.12. The zero-order valence-corrected chi connectivity index (χ0v) is 12.1. The summed E-state index contributed by atoms with van der Waals surface area (Å²) in [5, 5.41) is 22.7. The molecule has 114 valence electrons. The van der Waals surface area contributed by atoms with Crippen LogP contribution >= 0.6 is 0 Å². The van der Waals surface area contributed by atoms with Crippen molar-refractivity contribution in [3.63, 3.8) is 0 Å². The molecule has 0 N–H and O–H groups in total. The molecule has 1 unspecified atom stereocenters. The second kappa shape index (κ2) is 6.01. The Kier molecular flexibility index (Phi) is 3.91. The number of anilines is 1. The van der Waals surface area contributed by atoms with Crippen LogP contribution in [0.25, 0.3) is 0 Å². The van der Waals surface area contributed by atoms with Crippen molar-refractivity contribution in [1.82, 2.24) is 0 Å². The molecule has 0 amide bonds. The zero-order chi connectivity index (χ0) is 15.5. The minimum atomic E-state index is -0.429. The standard InChI is InChI=1S/C16H17N3O3/c20-18-10-8-15(19(21)22)16(12-18)17-9-4-7-14(11-17)13-5-2-1-3-6-13/h1-3,5-6,8,10,12,14H,4,7,9,11H2. The zero-order valence-electron chi connectivity index (χ0n) is 12.1. The molecule has 1 saturated heterocycles. The van der Waals surface area contributed by atoms with Gasteiger partial charge in [-0.25, -0.2) is 0 Å². The van der Waals surface area contributed by atoms with Crippen LogP contribution in [0, 0.1) is 15.3 Å². The molecule has 0 spiro atoms. The lowest BCUT2D eigenvalue weighted by Crippen LogP contribution is -2.37. The topological polar surface area (TPSA) is 73.3 Å². The van der Waals surface area contributed by atoms with Gasteiger partial charge in [0, 0.05) is 19.0 Å². The van der Waals surface area contributed by atoms with E-state index in [1.165, 1.54) is 24.0 Å². The molecule has 6 heteroatoms. The number of hydrogen-bond acceptors (Lipinski definition) is 4. The molecule has 1 aromatic carbocycles. The predicted molar refractivity (Wildman–Crippen MR) is 82.7 cm³/mol. The number of benzene rings is 1. The van der Waals surface area contributed by atoms with Gasteiger partial charge in [-0.3, -0.25) is 10.1 Å². The van der Waals surface area contributed by atoms with Crippen molar-refractivity contribution in [1.29, 1.82) is 0 Å². The summed E-state index contributed by atoms with van der Waals surface area (Å²) in [6.45, 7) is 1.42. The van der Waals surface area contributed by atoms with Gasteiger partial charge in [0.15, 0.2) is 11.9 Å². The fourth-order valence-electron chi connectivity index (χ4n) is 3.05. The second-order valence-corrected chi connectivity index (χ2v) is 5.53. The van der Waals surface area contributed by atoms with Crippen LogP contribution in [-0.2, 0) is 0 Å². The van der Waals surface area contributed by atoms with E-state index in [1.54, 1.807) is 0 Å². The van der Waals surface area contributed by atoms with Gasteiger partial charge in [-0.2, -0.15) is 4.73 Å². The molecule has 22 heavy (non-hydrogen) atoms. The molecule has 3 rings (SSSR count). The Morgan fingerprint density at radius 1 is 1.23 bits per heavy atom. The average Bonchev–Trinajstić information content (AvgIpc) is 2.55. The molecule has 1 aromatic heterocycles. The normalized spacial score (nSPS) is 18.2. The van der Waals surface area contributed by atoms with Crippen LogP contribution in [-0.4, -0.2) is 18.0 Å². The Balaban J connectivity index is 1.89. The molecule has 0 saturated carbocycles. The summed E-state index contributed by atoms with van der Waals surface area (Å²) in [5.41, 5.74) is 1.63. The number of aromatic nitrogens is 1. The van der Waals surface area contributed by atoms with E-state index in [1.807, 2.05) is 23.1 Å². The maximum Gasteiger partial charge on any atom is 0.304 e. The van der Waals surface area contributed by atoms with Gasteiger partial charge in [0.2, 0.25) is 6.20 Å². The summed E-state index contributed by atoms with van der Waals surface area (Å²) in [6.07, 6.45) is 4.47. The fourth-order valence-corrected chi connectivity index (χ4v) is 3.05. The van der Waals surface area contributed by atoms with Crippen molar-refractivity contribution < 1.29 is 9.65 Å². The van der Waals surface area contributed by atoms with E-state index >= 15 is 0 Å². The summed E-state index contributed by atoms with van der Waals surface area (Å²) >= 11 is 0. The molecule has 0 radical (unpaired) electrons. The maximum absolute atomic E-state index is 11.5.